The topological polar surface area (TPSA) is 102 Å². The second-order valence-corrected chi connectivity index (χ2v) is 16.9. The lowest BCUT2D eigenvalue weighted by molar-refractivity contribution is -0.120. The summed E-state index contributed by atoms with van der Waals surface area (Å²) in [6.45, 7) is 12.4. The third-order valence-electron chi connectivity index (χ3n) is 11.7. The SMILES string of the molecule is CCCCCC(=O)NC1=CC(=[N+](c2ccc(C)cc2)c2ccc(C)cc2)C=CC1=C1C(=O)C(c2ccc(N(c3ccc(C)cc3)c3ccc(C)cc3)cc2NC(=O)CCCCC)=C1O. The lowest BCUT2D eigenvalue weighted by Crippen LogP contribution is -2.31. The van der Waals surface area contributed by atoms with Crippen LogP contribution in [0.15, 0.2) is 156 Å². The molecule has 7 rings (SSSR count). The fourth-order valence-electron chi connectivity index (χ4n) is 8.05. The van der Waals surface area contributed by atoms with Gasteiger partial charge in [0, 0.05) is 77.5 Å². The van der Waals surface area contributed by atoms with E-state index in [1.165, 1.54) is 0 Å². The van der Waals surface area contributed by atoms with E-state index in [2.05, 4.69) is 131 Å². The van der Waals surface area contributed by atoms with Gasteiger partial charge in [0.1, 0.15) is 5.76 Å². The second kappa shape index (κ2) is 20.4. The number of nitrogens with one attached hydrogen (secondary N) is 2. The highest BCUT2D eigenvalue weighted by atomic mass is 16.3. The number of benzene rings is 5. The molecule has 0 spiro atoms. The van der Waals surface area contributed by atoms with Crippen molar-refractivity contribution in [3.05, 3.63) is 184 Å². The number of Topliss-reactive ketones (excluding diaryl/α,β-unsaturated/α-hetero) is 1. The molecular formula is C56H59N4O4+. The molecule has 5 aromatic carbocycles. The van der Waals surface area contributed by atoms with Crippen LogP contribution in [0.5, 0.6) is 0 Å². The van der Waals surface area contributed by atoms with Gasteiger partial charge in [-0.05, 0) is 89.1 Å². The molecule has 5 aromatic rings. The molecule has 0 aliphatic heterocycles. The Morgan fingerprint density at radius 1 is 0.578 bits per heavy atom. The van der Waals surface area contributed by atoms with E-state index in [0.29, 0.717) is 35.4 Å². The van der Waals surface area contributed by atoms with Gasteiger partial charge in [0.05, 0.1) is 22.5 Å². The van der Waals surface area contributed by atoms with Crippen molar-refractivity contribution in [2.45, 2.75) is 92.9 Å². The second-order valence-electron chi connectivity index (χ2n) is 16.9. The predicted molar refractivity (Wildman–Crippen MR) is 263 cm³/mol. The lowest BCUT2D eigenvalue weighted by Gasteiger charge is -2.29. The Kier molecular flexibility index (Phi) is 14.3. The zero-order valence-corrected chi connectivity index (χ0v) is 37.9. The number of unbranched alkanes of at least 4 members (excludes halogenated alkanes) is 4. The van der Waals surface area contributed by atoms with E-state index in [0.717, 1.165) is 94.9 Å². The van der Waals surface area contributed by atoms with E-state index in [1.54, 1.807) is 12.1 Å². The van der Waals surface area contributed by atoms with Gasteiger partial charge in [-0.3, -0.25) is 14.4 Å². The molecule has 64 heavy (non-hydrogen) atoms. The van der Waals surface area contributed by atoms with E-state index in [1.807, 2.05) is 52.0 Å². The molecule has 2 aliphatic carbocycles. The first-order valence-corrected chi connectivity index (χ1v) is 22.6. The van der Waals surface area contributed by atoms with Gasteiger partial charge in [0.2, 0.25) is 34.7 Å². The number of allylic oxidation sites excluding steroid dienone is 5. The summed E-state index contributed by atoms with van der Waals surface area (Å²) in [5.41, 5.74) is 11.6. The highest BCUT2D eigenvalue weighted by Crippen LogP contribution is 2.45. The van der Waals surface area contributed by atoms with Crippen molar-refractivity contribution in [1.82, 2.24) is 9.89 Å². The van der Waals surface area contributed by atoms with Crippen LogP contribution in [0.3, 0.4) is 0 Å². The summed E-state index contributed by atoms with van der Waals surface area (Å²) in [6.07, 6.45) is 11.5. The van der Waals surface area contributed by atoms with Crippen LogP contribution in [0.1, 0.15) is 93.0 Å². The summed E-state index contributed by atoms with van der Waals surface area (Å²) in [4.78, 5) is 43.8. The number of aliphatic hydroxyl groups excluding tert-OH is 1. The zero-order chi connectivity index (χ0) is 45.3. The molecule has 0 saturated heterocycles. The fourth-order valence-corrected chi connectivity index (χ4v) is 8.05. The van der Waals surface area contributed by atoms with E-state index >= 15 is 0 Å². The van der Waals surface area contributed by atoms with Crippen molar-refractivity contribution in [3.8, 4) is 0 Å². The highest BCUT2D eigenvalue weighted by Gasteiger charge is 2.40. The number of rotatable bonds is 16. The minimum Gasteiger partial charge on any atom is -0.506 e. The van der Waals surface area contributed by atoms with E-state index in [4.69, 9.17) is 0 Å². The molecule has 0 aromatic heterocycles. The van der Waals surface area contributed by atoms with E-state index in [-0.39, 0.29) is 34.5 Å². The molecule has 8 heteroatoms. The van der Waals surface area contributed by atoms with Crippen LogP contribution in [0.2, 0.25) is 0 Å². The van der Waals surface area contributed by atoms with Crippen LogP contribution in [-0.4, -0.2) is 28.4 Å². The number of amides is 2. The van der Waals surface area contributed by atoms with E-state index < -0.39 is 0 Å². The van der Waals surface area contributed by atoms with Crippen molar-refractivity contribution < 1.29 is 19.5 Å². The van der Waals surface area contributed by atoms with Gasteiger partial charge in [0.25, 0.3) is 0 Å². The fraction of sp³-hybridized carbons (Fsp3) is 0.250. The van der Waals surface area contributed by atoms with Crippen molar-refractivity contribution in [3.63, 3.8) is 0 Å². The van der Waals surface area contributed by atoms with Crippen molar-refractivity contribution in [2.75, 3.05) is 10.2 Å². The van der Waals surface area contributed by atoms with Gasteiger partial charge in [-0.1, -0.05) is 110 Å². The van der Waals surface area contributed by atoms with Crippen LogP contribution in [0.4, 0.5) is 34.1 Å². The number of carbonyl (C=O) groups excluding carboxylic acids is 3. The summed E-state index contributed by atoms with van der Waals surface area (Å²) >= 11 is 0. The molecule has 0 radical (unpaired) electrons. The van der Waals surface area contributed by atoms with Gasteiger partial charge in [-0.25, -0.2) is 0 Å². The standard InChI is InChI=1S/C56H58N4O4/c1-7-9-11-13-51(61)57-49-35-45(59(41-23-15-37(3)16-24-41)42-25-17-38(4)18-26-42)31-33-47(49)53-55(63)54(56(53)64)48-34-32-46(36-50(48)58-52(62)14-12-10-8-2)60(43-27-19-39(5)20-28-43)44-29-21-40(6)22-30-44/h15-36H,7-14H2,1-6H3,(H2,57,58,61,62,63,64)/p+1. The molecule has 8 nitrogen and oxygen atoms in total. The third kappa shape index (κ3) is 10.2. The van der Waals surface area contributed by atoms with Gasteiger partial charge < -0.3 is 20.6 Å². The Bertz CT molecular complexity index is 2610. The molecule has 2 aliphatic rings. The normalized spacial score (nSPS) is 14.6. The van der Waals surface area contributed by atoms with Gasteiger partial charge in [-0.15, -0.1) is 0 Å². The van der Waals surface area contributed by atoms with Crippen molar-refractivity contribution >= 4 is 63.0 Å². The Morgan fingerprint density at radius 3 is 1.53 bits per heavy atom. The molecule has 0 saturated carbocycles. The van der Waals surface area contributed by atoms with Gasteiger partial charge in [0.15, 0.2) is 0 Å². The average molecular weight is 852 g/mol. The first-order valence-electron chi connectivity index (χ1n) is 22.6. The van der Waals surface area contributed by atoms with Crippen molar-refractivity contribution in [1.29, 1.82) is 0 Å². The van der Waals surface area contributed by atoms with Crippen LogP contribution < -0.4 is 20.1 Å². The minimum atomic E-state index is -0.385. The number of anilines is 4. The van der Waals surface area contributed by atoms with Gasteiger partial charge >= 0.3 is 0 Å². The Hall–Kier alpha value is -7.06. The lowest BCUT2D eigenvalue weighted by atomic mass is 9.78. The summed E-state index contributed by atoms with van der Waals surface area (Å²) < 4.78 is 2.11. The number of ketones is 1. The molecule has 0 bridgehead atoms. The van der Waals surface area contributed by atoms with Crippen molar-refractivity contribution in [2.24, 2.45) is 0 Å². The molecule has 3 N–H and O–H groups in total. The number of aliphatic hydroxyl groups is 1. The Labute approximate surface area is 378 Å². The molecule has 2 amide bonds. The highest BCUT2D eigenvalue weighted by molar-refractivity contribution is 6.40. The minimum absolute atomic E-state index is 0.105. The maximum absolute atomic E-state index is 14.6. The third-order valence-corrected chi connectivity index (χ3v) is 11.7. The molecule has 326 valence electrons. The predicted octanol–water partition coefficient (Wildman–Crippen LogP) is 13.2. The van der Waals surface area contributed by atoms with Crippen LogP contribution in [-0.2, 0) is 14.4 Å². The maximum atomic E-state index is 14.6. The Balaban J connectivity index is 1.36. The summed E-state index contributed by atoms with van der Waals surface area (Å²) in [6, 6.07) is 38.5. The molecule has 0 heterocycles. The Morgan fingerprint density at radius 2 is 1.05 bits per heavy atom. The molecule has 0 atom stereocenters. The average Bonchev–Trinajstić information content (AvgIpc) is 3.28. The zero-order valence-electron chi connectivity index (χ0n) is 37.9. The monoisotopic (exact) mass is 851 g/mol. The number of hydrogen-bond acceptors (Lipinski definition) is 5. The molecule has 0 fully saturated rings. The van der Waals surface area contributed by atoms with Crippen LogP contribution >= 0.6 is 0 Å². The smallest absolute Gasteiger partial charge is 0.224 e. The summed E-state index contributed by atoms with van der Waals surface area (Å²) in [7, 11) is 0. The van der Waals surface area contributed by atoms with E-state index in [9.17, 15) is 19.5 Å². The number of carbonyl (C=O) groups is 3. The van der Waals surface area contributed by atoms with Crippen LogP contribution in [0, 0.1) is 27.7 Å². The number of aryl methyl sites for hydroxylation is 4. The molecular weight excluding hydrogens is 793 g/mol. The van der Waals surface area contributed by atoms with Gasteiger partial charge in [-0.2, -0.15) is 4.58 Å². The summed E-state index contributed by atoms with van der Waals surface area (Å²) in [5.74, 6) is -0.925. The first-order chi connectivity index (χ1) is 30.9. The molecule has 0 unspecified atom stereocenters. The quantitative estimate of drug-likeness (QED) is 0.0521. The number of hydrogen-bond donors (Lipinski definition) is 3. The first kappa shape index (κ1) is 45.0. The summed E-state index contributed by atoms with van der Waals surface area (Å²) in [5, 5.41) is 18.3. The largest absolute Gasteiger partial charge is 0.506 e. The number of nitrogens with zero attached hydrogens (tertiary/aromatic N) is 2. The maximum Gasteiger partial charge on any atom is 0.224 e. The van der Waals surface area contributed by atoms with Crippen LogP contribution in [0.25, 0.3) is 5.57 Å².